The van der Waals surface area contributed by atoms with Crippen LogP contribution >= 0.6 is 12.2 Å². The highest BCUT2D eigenvalue weighted by Crippen LogP contribution is 2.38. The fourth-order valence-corrected chi connectivity index (χ4v) is 5.40. The fraction of sp³-hybridized carbons (Fsp3) is 0.200. The van der Waals surface area contributed by atoms with E-state index in [4.69, 9.17) is 17.3 Å². The summed E-state index contributed by atoms with van der Waals surface area (Å²) in [6, 6.07) is 29.7. The second-order valence-electron chi connectivity index (χ2n) is 9.27. The molecule has 35 heavy (non-hydrogen) atoms. The van der Waals surface area contributed by atoms with E-state index < -0.39 is 0 Å². The Hall–Kier alpha value is -3.70. The molecule has 1 N–H and O–H groups in total. The maximum absolute atomic E-state index is 6.06. The van der Waals surface area contributed by atoms with Gasteiger partial charge in [0.2, 0.25) is 0 Å². The van der Waals surface area contributed by atoms with E-state index in [0.717, 1.165) is 47.9 Å². The highest BCUT2D eigenvalue weighted by Gasteiger charge is 2.29. The van der Waals surface area contributed by atoms with E-state index in [0.29, 0.717) is 6.54 Å². The van der Waals surface area contributed by atoms with Gasteiger partial charge in [0.1, 0.15) is 16.3 Å². The van der Waals surface area contributed by atoms with E-state index in [1.807, 2.05) is 6.07 Å². The van der Waals surface area contributed by atoms with Crippen molar-refractivity contribution in [2.45, 2.75) is 39.3 Å². The summed E-state index contributed by atoms with van der Waals surface area (Å²) in [4.78, 5) is 0.732. The van der Waals surface area contributed by atoms with Crippen molar-refractivity contribution in [1.82, 2.24) is 19.5 Å². The first-order valence-electron chi connectivity index (χ1n) is 12.3. The summed E-state index contributed by atoms with van der Waals surface area (Å²) >= 11 is 6.06. The van der Waals surface area contributed by atoms with E-state index in [9.17, 15) is 0 Å². The van der Waals surface area contributed by atoms with Crippen molar-refractivity contribution in [3.63, 3.8) is 0 Å². The average molecular weight is 477 g/mol. The zero-order valence-electron chi connectivity index (χ0n) is 19.9. The topological polar surface area (TPSA) is 34.3 Å². The Balaban J connectivity index is 1.55. The van der Waals surface area contributed by atoms with Gasteiger partial charge < -0.3 is 9.88 Å². The maximum atomic E-state index is 6.06. The second-order valence-corrected chi connectivity index (χ2v) is 9.68. The van der Waals surface area contributed by atoms with Crippen LogP contribution in [-0.2, 0) is 19.5 Å². The van der Waals surface area contributed by atoms with Crippen LogP contribution in [0.1, 0.15) is 35.2 Å². The van der Waals surface area contributed by atoms with Gasteiger partial charge in [0.25, 0.3) is 0 Å². The quantitative estimate of drug-likeness (QED) is 0.291. The highest BCUT2D eigenvalue weighted by atomic mass is 32.1. The zero-order chi connectivity index (χ0) is 23.8. The predicted molar refractivity (Wildman–Crippen MR) is 147 cm³/mol. The van der Waals surface area contributed by atoms with Crippen LogP contribution in [-0.4, -0.2) is 19.2 Å². The minimum absolute atomic E-state index is 0.682. The lowest BCUT2D eigenvalue weighted by Crippen LogP contribution is -2.24. The highest BCUT2D eigenvalue weighted by molar-refractivity contribution is 7.80. The molecule has 5 aromatic rings. The molecule has 0 fully saturated rings. The standard InChI is InChI=1S/C30H28N4S/c1-21-15-17-23(18-16-21)26-25-14-8-9-19-33-28(24-12-6-3-7-13-24)32-34(30(25)33)27(26)29(35)31-20-22-10-4-2-5-11-22/h2-7,10-13,15-18H,8-9,14,19-20H2,1H3,(H,31,35). The van der Waals surface area contributed by atoms with Crippen molar-refractivity contribution in [2.75, 3.05) is 0 Å². The largest absolute Gasteiger partial charge is 0.370 e. The summed E-state index contributed by atoms with van der Waals surface area (Å²) in [5.41, 5.74) is 9.52. The van der Waals surface area contributed by atoms with E-state index in [-0.39, 0.29) is 0 Å². The SMILES string of the molecule is Cc1ccc(-c2c3c4n(c(-c5ccccc5)nn4c2C(=S)NCc2ccccc2)CCCC3)cc1. The van der Waals surface area contributed by atoms with Gasteiger partial charge in [-0.05, 0) is 37.3 Å². The Bertz CT molecular complexity index is 1500. The summed E-state index contributed by atoms with van der Waals surface area (Å²) in [5, 5.41) is 8.72. The first-order chi connectivity index (χ1) is 17.2. The molecule has 0 unspecified atom stereocenters. The van der Waals surface area contributed by atoms with Gasteiger partial charge >= 0.3 is 0 Å². The average Bonchev–Trinajstić information content (AvgIpc) is 3.32. The van der Waals surface area contributed by atoms with Gasteiger partial charge in [-0.15, -0.1) is 5.10 Å². The molecule has 0 aliphatic carbocycles. The molecule has 1 aliphatic heterocycles. The van der Waals surface area contributed by atoms with Gasteiger partial charge in [0.05, 0.1) is 0 Å². The second kappa shape index (κ2) is 9.16. The molecule has 0 atom stereocenters. The van der Waals surface area contributed by atoms with Crippen molar-refractivity contribution >= 4 is 22.9 Å². The summed E-state index contributed by atoms with van der Waals surface area (Å²) < 4.78 is 4.51. The van der Waals surface area contributed by atoms with Gasteiger partial charge in [-0.3, -0.25) is 0 Å². The number of aryl methyl sites for hydroxylation is 3. The maximum Gasteiger partial charge on any atom is 0.162 e. The van der Waals surface area contributed by atoms with Crippen molar-refractivity contribution in [2.24, 2.45) is 0 Å². The molecule has 0 amide bonds. The first kappa shape index (κ1) is 21.8. The molecule has 0 bridgehead atoms. The van der Waals surface area contributed by atoms with Gasteiger partial charge in [-0.25, -0.2) is 4.52 Å². The summed E-state index contributed by atoms with van der Waals surface area (Å²) in [6.07, 6.45) is 3.31. The Morgan fingerprint density at radius 3 is 2.34 bits per heavy atom. The van der Waals surface area contributed by atoms with Crippen LogP contribution in [0, 0.1) is 6.92 Å². The van der Waals surface area contributed by atoms with Gasteiger partial charge in [0, 0.05) is 29.8 Å². The van der Waals surface area contributed by atoms with Crippen molar-refractivity contribution < 1.29 is 0 Å². The number of hydrogen-bond acceptors (Lipinski definition) is 2. The van der Waals surface area contributed by atoms with Crippen molar-refractivity contribution in [3.05, 3.63) is 107 Å². The first-order valence-corrected chi connectivity index (χ1v) is 12.7. The number of hydrogen-bond donors (Lipinski definition) is 1. The van der Waals surface area contributed by atoms with E-state index in [1.165, 1.54) is 33.5 Å². The van der Waals surface area contributed by atoms with Gasteiger partial charge in [-0.2, -0.15) is 0 Å². The Morgan fingerprint density at radius 2 is 1.60 bits per heavy atom. The number of benzene rings is 3. The summed E-state index contributed by atoms with van der Waals surface area (Å²) in [5.74, 6) is 1.01. The molecule has 6 rings (SSSR count). The normalized spacial score (nSPS) is 13.1. The van der Waals surface area contributed by atoms with Crippen molar-refractivity contribution in [3.8, 4) is 22.5 Å². The third kappa shape index (κ3) is 3.96. The lowest BCUT2D eigenvalue weighted by molar-refractivity contribution is 0.645. The molecule has 0 spiro atoms. The Morgan fingerprint density at radius 1 is 0.886 bits per heavy atom. The molecular formula is C30H28N4S. The molecule has 3 aromatic carbocycles. The monoisotopic (exact) mass is 476 g/mol. The molecule has 2 aromatic heterocycles. The minimum atomic E-state index is 0.682. The molecule has 5 heteroatoms. The van der Waals surface area contributed by atoms with Crippen LogP contribution in [0.5, 0.6) is 0 Å². The third-order valence-corrected chi connectivity index (χ3v) is 7.21. The predicted octanol–water partition coefficient (Wildman–Crippen LogP) is 6.58. The minimum Gasteiger partial charge on any atom is -0.370 e. The van der Waals surface area contributed by atoms with Crippen LogP contribution in [0.4, 0.5) is 0 Å². The molecule has 3 heterocycles. The van der Waals surface area contributed by atoms with Crippen molar-refractivity contribution in [1.29, 1.82) is 0 Å². The van der Waals surface area contributed by atoms with Crippen LogP contribution in [0.25, 0.3) is 28.2 Å². The molecule has 174 valence electrons. The number of nitrogens with zero attached hydrogens (tertiary/aromatic N) is 3. The van der Waals surface area contributed by atoms with E-state index in [2.05, 4.69) is 100 Å². The Kier molecular flexibility index (Phi) is 5.71. The van der Waals surface area contributed by atoms with Crippen LogP contribution < -0.4 is 5.32 Å². The molecule has 0 radical (unpaired) electrons. The Labute approximate surface area is 211 Å². The summed E-state index contributed by atoms with van der Waals surface area (Å²) in [6.45, 7) is 3.77. The lowest BCUT2D eigenvalue weighted by Gasteiger charge is -2.12. The summed E-state index contributed by atoms with van der Waals surface area (Å²) in [7, 11) is 0. The third-order valence-electron chi connectivity index (χ3n) is 6.87. The lowest BCUT2D eigenvalue weighted by atomic mass is 9.97. The van der Waals surface area contributed by atoms with Crippen LogP contribution in [0.15, 0.2) is 84.9 Å². The molecular weight excluding hydrogens is 448 g/mol. The zero-order valence-corrected chi connectivity index (χ0v) is 20.7. The smallest absolute Gasteiger partial charge is 0.162 e. The van der Waals surface area contributed by atoms with E-state index >= 15 is 0 Å². The van der Waals surface area contributed by atoms with E-state index in [1.54, 1.807) is 0 Å². The number of thiocarbonyl (C=S) groups is 1. The van der Waals surface area contributed by atoms with Crippen LogP contribution in [0.3, 0.4) is 0 Å². The molecule has 0 saturated heterocycles. The molecule has 4 nitrogen and oxygen atoms in total. The number of rotatable bonds is 5. The molecule has 0 saturated carbocycles. The number of nitrogens with one attached hydrogen (secondary N) is 1. The van der Waals surface area contributed by atoms with Crippen LogP contribution in [0.2, 0.25) is 0 Å². The number of aromatic nitrogens is 3. The van der Waals surface area contributed by atoms with Gasteiger partial charge in [-0.1, -0.05) is 103 Å². The fourth-order valence-electron chi connectivity index (χ4n) is 5.14. The molecule has 1 aliphatic rings. The van der Waals surface area contributed by atoms with Gasteiger partial charge in [0.15, 0.2) is 5.82 Å².